The molecule has 1 heterocycles. The topological polar surface area (TPSA) is 23.9 Å². The molecule has 0 aliphatic carbocycles. The Hall–Kier alpha value is -5.31. The van der Waals surface area contributed by atoms with Crippen molar-refractivity contribution in [2.45, 2.75) is 0 Å². The molecule has 8 aromatic rings. The van der Waals surface area contributed by atoms with E-state index < -0.39 is 0 Å². The Morgan fingerprint density at radius 2 is 1.05 bits per heavy atom. The summed E-state index contributed by atoms with van der Waals surface area (Å²) in [7, 11) is 0. The molecule has 1 aromatic heterocycles. The smallest absolute Gasteiger partial charge is 0.0691 e. The molecule has 202 valence electrons. The van der Waals surface area contributed by atoms with Crippen LogP contribution in [-0.2, 0) is 0 Å². The molecular weight excluding hydrogens is 539 g/mol. The van der Waals surface area contributed by atoms with Gasteiger partial charge in [-0.05, 0) is 68.4 Å². The maximum absolute atomic E-state index is 9.36. The Kier molecular flexibility index (Phi) is 6.21. The summed E-state index contributed by atoms with van der Waals surface area (Å²) < 4.78 is 2.44. The van der Waals surface area contributed by atoms with Crippen LogP contribution in [-0.4, -0.2) is 5.71 Å². The number of nitrogens with one attached hydrogen (secondary N) is 1. The number of benzene rings is 7. The number of fused-ring (bicyclic) bond motifs is 4. The molecular formula is C41H27NS. The summed E-state index contributed by atoms with van der Waals surface area (Å²) in [6.45, 7) is 0. The van der Waals surface area contributed by atoms with Crippen molar-refractivity contribution in [2.24, 2.45) is 0 Å². The fraction of sp³-hybridized carbons (Fsp3) is 0. The van der Waals surface area contributed by atoms with Crippen molar-refractivity contribution in [1.29, 1.82) is 5.41 Å². The Balaban J connectivity index is 1.27. The zero-order chi connectivity index (χ0) is 28.8. The van der Waals surface area contributed by atoms with Gasteiger partial charge in [0.15, 0.2) is 0 Å². The highest BCUT2D eigenvalue weighted by molar-refractivity contribution is 7.25. The third-order valence-electron chi connectivity index (χ3n) is 8.34. The zero-order valence-electron chi connectivity index (χ0n) is 23.4. The predicted octanol–water partition coefficient (Wildman–Crippen LogP) is 11.6. The number of hydrogen-bond acceptors (Lipinski definition) is 2. The van der Waals surface area contributed by atoms with Gasteiger partial charge in [0.1, 0.15) is 0 Å². The lowest BCUT2D eigenvalue weighted by Crippen LogP contribution is -2.02. The molecule has 1 nitrogen and oxygen atoms in total. The second-order valence-corrected chi connectivity index (χ2v) is 12.0. The highest BCUT2D eigenvalue weighted by Gasteiger charge is 2.16. The van der Waals surface area contributed by atoms with E-state index in [0.717, 1.165) is 27.6 Å². The maximum Gasteiger partial charge on any atom is 0.0691 e. The molecule has 0 saturated carbocycles. The zero-order valence-corrected chi connectivity index (χ0v) is 24.2. The van der Waals surface area contributed by atoms with Crippen molar-refractivity contribution < 1.29 is 0 Å². The van der Waals surface area contributed by atoms with Crippen LogP contribution in [0.3, 0.4) is 0 Å². The summed E-state index contributed by atoms with van der Waals surface area (Å²) in [5.74, 6) is 0. The van der Waals surface area contributed by atoms with Gasteiger partial charge in [0.05, 0.1) is 5.71 Å². The number of hydrogen-bond donors (Lipinski definition) is 1. The molecule has 0 saturated heterocycles. The van der Waals surface area contributed by atoms with Gasteiger partial charge in [0, 0.05) is 31.3 Å². The summed E-state index contributed by atoms with van der Waals surface area (Å²) in [6, 6.07) is 55.8. The fourth-order valence-electron chi connectivity index (χ4n) is 6.26. The minimum absolute atomic E-state index is 0.547. The van der Waals surface area contributed by atoms with Crippen molar-refractivity contribution >= 4 is 48.0 Å². The van der Waals surface area contributed by atoms with Gasteiger partial charge >= 0.3 is 0 Å². The van der Waals surface area contributed by atoms with Crippen LogP contribution in [0.4, 0.5) is 0 Å². The molecule has 2 heteroatoms. The lowest BCUT2D eigenvalue weighted by atomic mass is 9.91. The molecule has 8 rings (SSSR count). The molecule has 0 bridgehead atoms. The van der Waals surface area contributed by atoms with E-state index in [1.165, 1.54) is 47.8 Å². The van der Waals surface area contributed by atoms with E-state index in [-0.39, 0.29) is 0 Å². The van der Waals surface area contributed by atoms with Gasteiger partial charge in [-0.3, -0.25) is 5.41 Å². The normalized spacial score (nSPS) is 11.3. The number of thiophene rings is 1. The maximum atomic E-state index is 9.36. The van der Waals surface area contributed by atoms with Gasteiger partial charge in [-0.25, -0.2) is 0 Å². The summed E-state index contributed by atoms with van der Waals surface area (Å²) >= 11 is 1.80. The van der Waals surface area contributed by atoms with E-state index in [2.05, 4.69) is 146 Å². The molecule has 0 atom stereocenters. The molecule has 0 unspecified atom stereocenters. The predicted molar refractivity (Wildman–Crippen MR) is 186 cm³/mol. The fourth-order valence-corrected chi connectivity index (χ4v) is 7.38. The minimum Gasteiger partial charge on any atom is -0.300 e. The van der Waals surface area contributed by atoms with E-state index in [9.17, 15) is 5.41 Å². The first kappa shape index (κ1) is 25.4. The molecule has 0 spiro atoms. The first-order valence-corrected chi connectivity index (χ1v) is 15.3. The molecule has 0 amide bonds. The van der Waals surface area contributed by atoms with Crippen molar-refractivity contribution in [2.75, 3.05) is 0 Å². The van der Waals surface area contributed by atoms with E-state index in [1.54, 1.807) is 11.3 Å². The van der Waals surface area contributed by atoms with Gasteiger partial charge < -0.3 is 0 Å². The van der Waals surface area contributed by atoms with Crippen LogP contribution in [0.2, 0.25) is 0 Å². The first-order valence-electron chi connectivity index (χ1n) is 14.5. The average molecular weight is 566 g/mol. The van der Waals surface area contributed by atoms with E-state index in [0.29, 0.717) is 5.71 Å². The van der Waals surface area contributed by atoms with Crippen molar-refractivity contribution in [3.05, 3.63) is 169 Å². The average Bonchev–Trinajstić information content (AvgIpc) is 3.46. The molecule has 0 aliphatic heterocycles. The van der Waals surface area contributed by atoms with Crippen LogP contribution >= 0.6 is 11.3 Å². The molecule has 43 heavy (non-hydrogen) atoms. The van der Waals surface area contributed by atoms with Crippen molar-refractivity contribution in [3.63, 3.8) is 0 Å². The second kappa shape index (κ2) is 10.5. The molecule has 0 aliphatic rings. The quantitative estimate of drug-likeness (QED) is 0.201. The highest BCUT2D eigenvalue weighted by atomic mass is 32.1. The third kappa shape index (κ3) is 4.44. The lowest BCUT2D eigenvalue weighted by molar-refractivity contribution is 1.47. The largest absolute Gasteiger partial charge is 0.300 e. The summed E-state index contributed by atoms with van der Waals surface area (Å²) in [5.41, 5.74) is 9.60. The van der Waals surface area contributed by atoms with Crippen LogP contribution in [0.15, 0.2) is 158 Å². The van der Waals surface area contributed by atoms with Gasteiger partial charge in [-0.15, -0.1) is 11.3 Å². The Bertz CT molecular complexity index is 2300. The Morgan fingerprint density at radius 1 is 0.419 bits per heavy atom. The van der Waals surface area contributed by atoms with Gasteiger partial charge in [-0.1, -0.05) is 133 Å². The monoisotopic (exact) mass is 565 g/mol. The standard InChI is InChI=1S/C41H27NS/c42-41(31-16-9-15-29(25-31)27-11-3-1-4-12-27)36-19-10-20-39-40(36)37-26-30(21-24-38(37)43-39)33-23-22-32(28-13-5-2-6-14-28)34-17-7-8-18-35(33)34/h1-26,42H. The first-order chi connectivity index (χ1) is 21.2. The SMILES string of the molecule is N=C(c1cccc(-c2ccccc2)c1)c1cccc2sc3ccc(-c4ccc(-c5ccccc5)c5ccccc45)cc3c12. The van der Waals surface area contributed by atoms with Gasteiger partial charge in [0.2, 0.25) is 0 Å². The van der Waals surface area contributed by atoms with Crippen LogP contribution in [0, 0.1) is 5.41 Å². The number of rotatable bonds is 5. The lowest BCUT2D eigenvalue weighted by Gasteiger charge is -2.13. The summed E-state index contributed by atoms with van der Waals surface area (Å²) in [6.07, 6.45) is 0. The third-order valence-corrected chi connectivity index (χ3v) is 9.48. The molecule has 7 aromatic carbocycles. The molecule has 0 fully saturated rings. The van der Waals surface area contributed by atoms with Crippen LogP contribution in [0.1, 0.15) is 11.1 Å². The van der Waals surface area contributed by atoms with Crippen LogP contribution < -0.4 is 0 Å². The van der Waals surface area contributed by atoms with Crippen LogP contribution in [0.25, 0.3) is 64.3 Å². The molecule has 0 radical (unpaired) electrons. The van der Waals surface area contributed by atoms with Crippen molar-refractivity contribution in [1.82, 2.24) is 0 Å². The van der Waals surface area contributed by atoms with E-state index in [1.807, 2.05) is 12.1 Å². The molecule has 1 N–H and O–H groups in total. The van der Waals surface area contributed by atoms with Gasteiger partial charge in [0.25, 0.3) is 0 Å². The minimum atomic E-state index is 0.547. The summed E-state index contributed by atoms with van der Waals surface area (Å²) in [4.78, 5) is 0. The second-order valence-electron chi connectivity index (χ2n) is 10.9. The van der Waals surface area contributed by atoms with E-state index >= 15 is 0 Å². The van der Waals surface area contributed by atoms with Crippen LogP contribution in [0.5, 0.6) is 0 Å². The van der Waals surface area contributed by atoms with E-state index in [4.69, 9.17) is 0 Å². The Labute approximate surface area is 254 Å². The van der Waals surface area contributed by atoms with Crippen molar-refractivity contribution in [3.8, 4) is 33.4 Å². The Morgan fingerprint density at radius 3 is 1.79 bits per heavy atom. The highest BCUT2D eigenvalue weighted by Crippen LogP contribution is 2.41. The van der Waals surface area contributed by atoms with Gasteiger partial charge in [-0.2, -0.15) is 0 Å². The summed E-state index contributed by atoms with van der Waals surface area (Å²) in [5, 5.41) is 14.2.